The van der Waals surface area contributed by atoms with Crippen LogP contribution in [0.4, 0.5) is 0 Å². The standard InChI is InChI=1S/C11H16ClNO3/c1-15-10-5-7(3-8(13)6-14)4-9(12)11(10)16-2/h4-5,8,14H,3,6,13H2,1-2H3. The van der Waals surface area contributed by atoms with Crippen LogP contribution in [0.1, 0.15) is 5.56 Å². The molecule has 1 atom stereocenters. The van der Waals surface area contributed by atoms with E-state index in [4.69, 9.17) is 31.9 Å². The van der Waals surface area contributed by atoms with Gasteiger partial charge in [-0.25, -0.2) is 0 Å². The molecule has 0 heterocycles. The van der Waals surface area contributed by atoms with Crippen LogP contribution >= 0.6 is 11.6 Å². The maximum Gasteiger partial charge on any atom is 0.179 e. The Morgan fingerprint density at radius 2 is 2.06 bits per heavy atom. The first-order valence-corrected chi connectivity index (χ1v) is 5.27. The number of hydrogen-bond acceptors (Lipinski definition) is 4. The molecule has 0 saturated heterocycles. The SMILES string of the molecule is COc1cc(CC(N)CO)cc(Cl)c1OC. The Labute approximate surface area is 99.9 Å². The zero-order chi connectivity index (χ0) is 12.1. The van der Waals surface area contributed by atoms with Gasteiger partial charge in [-0.1, -0.05) is 11.6 Å². The number of aliphatic hydroxyl groups is 1. The van der Waals surface area contributed by atoms with Gasteiger partial charge in [-0.05, 0) is 24.1 Å². The zero-order valence-corrected chi connectivity index (χ0v) is 10.1. The van der Waals surface area contributed by atoms with E-state index in [0.717, 1.165) is 5.56 Å². The molecule has 16 heavy (non-hydrogen) atoms. The fraction of sp³-hybridized carbons (Fsp3) is 0.455. The quantitative estimate of drug-likeness (QED) is 0.819. The molecule has 0 spiro atoms. The highest BCUT2D eigenvalue weighted by Crippen LogP contribution is 2.36. The molecule has 0 saturated carbocycles. The van der Waals surface area contributed by atoms with Crippen LogP contribution < -0.4 is 15.2 Å². The zero-order valence-electron chi connectivity index (χ0n) is 9.37. The summed E-state index contributed by atoms with van der Waals surface area (Å²) in [6.07, 6.45) is 0.538. The van der Waals surface area contributed by atoms with E-state index >= 15 is 0 Å². The third kappa shape index (κ3) is 3.01. The Morgan fingerprint density at radius 3 is 2.56 bits per heavy atom. The van der Waals surface area contributed by atoms with Gasteiger partial charge < -0.3 is 20.3 Å². The number of halogens is 1. The Bertz CT molecular complexity index is 357. The smallest absolute Gasteiger partial charge is 0.179 e. The molecule has 4 nitrogen and oxygen atoms in total. The number of rotatable bonds is 5. The van der Waals surface area contributed by atoms with Crippen LogP contribution in [0, 0.1) is 0 Å². The van der Waals surface area contributed by atoms with Gasteiger partial charge in [0.1, 0.15) is 0 Å². The summed E-state index contributed by atoms with van der Waals surface area (Å²) in [5.41, 5.74) is 6.56. The van der Waals surface area contributed by atoms with E-state index in [0.29, 0.717) is 22.9 Å². The van der Waals surface area contributed by atoms with E-state index in [2.05, 4.69) is 0 Å². The Morgan fingerprint density at radius 1 is 1.38 bits per heavy atom. The second-order valence-electron chi connectivity index (χ2n) is 3.46. The van der Waals surface area contributed by atoms with Gasteiger partial charge in [0.05, 0.1) is 25.8 Å². The lowest BCUT2D eigenvalue weighted by atomic mass is 10.1. The highest BCUT2D eigenvalue weighted by Gasteiger charge is 2.12. The first-order chi connectivity index (χ1) is 7.62. The highest BCUT2D eigenvalue weighted by molar-refractivity contribution is 6.32. The van der Waals surface area contributed by atoms with Crippen molar-refractivity contribution >= 4 is 11.6 Å². The summed E-state index contributed by atoms with van der Waals surface area (Å²) in [7, 11) is 3.08. The Balaban J connectivity index is 3.00. The van der Waals surface area contributed by atoms with Gasteiger partial charge in [-0.2, -0.15) is 0 Å². The van der Waals surface area contributed by atoms with Gasteiger partial charge in [-0.3, -0.25) is 0 Å². The van der Waals surface area contributed by atoms with Gasteiger partial charge in [0.15, 0.2) is 11.5 Å². The molecule has 1 aromatic carbocycles. The summed E-state index contributed by atoms with van der Waals surface area (Å²) in [6, 6.07) is 3.27. The van der Waals surface area contributed by atoms with Gasteiger partial charge in [0, 0.05) is 6.04 Å². The average Bonchev–Trinajstić information content (AvgIpc) is 2.28. The van der Waals surface area contributed by atoms with Crippen LogP contribution in [0.2, 0.25) is 5.02 Å². The van der Waals surface area contributed by atoms with Crippen LogP contribution in [-0.4, -0.2) is 32.0 Å². The van der Waals surface area contributed by atoms with Crippen LogP contribution in [0.25, 0.3) is 0 Å². The minimum Gasteiger partial charge on any atom is -0.493 e. The van der Waals surface area contributed by atoms with Gasteiger partial charge in [-0.15, -0.1) is 0 Å². The van der Waals surface area contributed by atoms with Crippen molar-refractivity contribution in [1.29, 1.82) is 0 Å². The Kier molecular flexibility index (Phi) is 4.86. The molecule has 5 heteroatoms. The van der Waals surface area contributed by atoms with Crippen LogP contribution in [0.5, 0.6) is 11.5 Å². The Hall–Kier alpha value is -0.970. The number of benzene rings is 1. The largest absolute Gasteiger partial charge is 0.493 e. The maximum atomic E-state index is 8.88. The molecular weight excluding hydrogens is 230 g/mol. The average molecular weight is 246 g/mol. The lowest BCUT2D eigenvalue weighted by molar-refractivity contribution is 0.265. The van der Waals surface area contributed by atoms with Crippen molar-refractivity contribution in [2.24, 2.45) is 5.73 Å². The summed E-state index contributed by atoms with van der Waals surface area (Å²) in [5.74, 6) is 1.07. The minimum atomic E-state index is -0.297. The number of aliphatic hydroxyl groups excluding tert-OH is 1. The second kappa shape index (κ2) is 5.94. The third-order valence-corrected chi connectivity index (χ3v) is 2.51. The number of ether oxygens (including phenoxy) is 2. The number of hydrogen-bond donors (Lipinski definition) is 2. The van der Waals surface area contributed by atoms with E-state index in [-0.39, 0.29) is 12.6 Å². The van der Waals surface area contributed by atoms with Crippen molar-refractivity contribution in [2.45, 2.75) is 12.5 Å². The van der Waals surface area contributed by atoms with Crippen LogP contribution in [0.3, 0.4) is 0 Å². The molecule has 0 bridgehead atoms. The van der Waals surface area contributed by atoms with Crippen molar-refractivity contribution in [1.82, 2.24) is 0 Å². The fourth-order valence-electron chi connectivity index (χ4n) is 1.46. The van der Waals surface area contributed by atoms with Gasteiger partial charge in [0.25, 0.3) is 0 Å². The molecule has 1 rings (SSSR count). The maximum absolute atomic E-state index is 8.88. The molecule has 0 aliphatic carbocycles. The summed E-state index contributed by atoms with van der Waals surface area (Å²) >= 11 is 6.03. The molecule has 3 N–H and O–H groups in total. The molecule has 0 amide bonds. The fourth-order valence-corrected chi connectivity index (χ4v) is 1.77. The molecular formula is C11H16ClNO3. The van der Waals surface area contributed by atoms with Crippen LogP contribution in [0.15, 0.2) is 12.1 Å². The van der Waals surface area contributed by atoms with Crippen molar-refractivity contribution in [3.8, 4) is 11.5 Å². The normalized spacial score (nSPS) is 12.3. The summed E-state index contributed by atoms with van der Waals surface area (Å²) in [6.45, 7) is -0.0635. The number of methoxy groups -OCH3 is 2. The van der Waals surface area contributed by atoms with Crippen molar-refractivity contribution < 1.29 is 14.6 Å². The lowest BCUT2D eigenvalue weighted by Gasteiger charge is -2.13. The monoisotopic (exact) mass is 245 g/mol. The van der Waals surface area contributed by atoms with Crippen molar-refractivity contribution in [2.75, 3.05) is 20.8 Å². The van der Waals surface area contributed by atoms with Crippen LogP contribution in [-0.2, 0) is 6.42 Å². The summed E-state index contributed by atoms with van der Waals surface area (Å²) in [4.78, 5) is 0. The first kappa shape index (κ1) is 13.1. The van der Waals surface area contributed by atoms with E-state index in [9.17, 15) is 0 Å². The minimum absolute atomic E-state index is 0.0635. The van der Waals surface area contributed by atoms with E-state index in [1.807, 2.05) is 0 Å². The van der Waals surface area contributed by atoms with E-state index in [1.54, 1.807) is 19.2 Å². The lowest BCUT2D eigenvalue weighted by Crippen LogP contribution is -2.26. The number of nitrogens with two attached hydrogens (primary N) is 1. The molecule has 0 fully saturated rings. The van der Waals surface area contributed by atoms with Crippen molar-refractivity contribution in [3.63, 3.8) is 0 Å². The molecule has 0 aliphatic heterocycles. The van der Waals surface area contributed by atoms with E-state index in [1.165, 1.54) is 7.11 Å². The molecule has 1 unspecified atom stereocenters. The highest BCUT2D eigenvalue weighted by atomic mass is 35.5. The first-order valence-electron chi connectivity index (χ1n) is 4.89. The van der Waals surface area contributed by atoms with Gasteiger partial charge in [0.2, 0.25) is 0 Å². The molecule has 0 aromatic heterocycles. The second-order valence-corrected chi connectivity index (χ2v) is 3.87. The predicted octanol–water partition coefficient (Wildman–Crippen LogP) is 1.22. The topological polar surface area (TPSA) is 64.7 Å². The molecule has 0 radical (unpaired) electrons. The summed E-state index contributed by atoms with van der Waals surface area (Å²) < 4.78 is 10.3. The molecule has 0 aliphatic rings. The molecule has 90 valence electrons. The van der Waals surface area contributed by atoms with E-state index < -0.39 is 0 Å². The summed E-state index contributed by atoms with van der Waals surface area (Å²) in [5, 5.41) is 9.35. The van der Waals surface area contributed by atoms with Gasteiger partial charge >= 0.3 is 0 Å². The predicted molar refractivity (Wildman–Crippen MR) is 63.3 cm³/mol. The molecule has 1 aromatic rings. The van der Waals surface area contributed by atoms with Crippen molar-refractivity contribution in [3.05, 3.63) is 22.7 Å². The third-order valence-electron chi connectivity index (χ3n) is 2.23.